The lowest BCUT2D eigenvalue weighted by Gasteiger charge is -2.14. The van der Waals surface area contributed by atoms with Gasteiger partial charge in [-0.1, -0.05) is 77.3 Å². The first kappa shape index (κ1) is 22.1. The molecule has 0 saturated carbocycles. The Morgan fingerprint density at radius 1 is 0.969 bits per heavy atom. The fourth-order valence-electron chi connectivity index (χ4n) is 3.47. The number of aromatic nitrogens is 2. The summed E-state index contributed by atoms with van der Waals surface area (Å²) >= 11 is 3.94. The van der Waals surface area contributed by atoms with Gasteiger partial charge in [0.1, 0.15) is 0 Å². The van der Waals surface area contributed by atoms with E-state index in [2.05, 4.69) is 5.10 Å². The van der Waals surface area contributed by atoms with Gasteiger partial charge in [0.15, 0.2) is 0 Å². The molecule has 6 nitrogen and oxygen atoms in total. The van der Waals surface area contributed by atoms with Crippen molar-refractivity contribution in [3.63, 3.8) is 0 Å². The lowest BCUT2D eigenvalue weighted by molar-refractivity contribution is 0.536. The molecule has 0 fully saturated rings. The van der Waals surface area contributed by atoms with E-state index >= 15 is 0 Å². The highest BCUT2D eigenvalue weighted by molar-refractivity contribution is 7.78. The van der Waals surface area contributed by atoms with Crippen LogP contribution in [0.2, 0.25) is 5.02 Å². The zero-order valence-corrected chi connectivity index (χ0v) is 18.5. The summed E-state index contributed by atoms with van der Waals surface area (Å²) in [6, 6.07) is 21.5. The molecule has 1 aromatic heterocycles. The second-order valence-corrected chi connectivity index (χ2v) is 8.51. The molecule has 3 aromatic carbocycles. The SMILES string of the molecule is NCc1ccc(-c2c(-c3ccc(CS(=O)[O-])cc3)cnn(-c3cccc(Cl)c3)c2=O)cc1. The van der Waals surface area contributed by atoms with E-state index in [-0.39, 0.29) is 11.3 Å². The second-order valence-electron chi connectivity index (χ2n) is 7.18. The Kier molecular flexibility index (Phi) is 6.62. The molecule has 0 bridgehead atoms. The van der Waals surface area contributed by atoms with Gasteiger partial charge in [0.25, 0.3) is 5.56 Å². The number of nitrogens with two attached hydrogens (primary N) is 1. The van der Waals surface area contributed by atoms with Crippen LogP contribution in [0.4, 0.5) is 0 Å². The van der Waals surface area contributed by atoms with Crippen LogP contribution in [0.5, 0.6) is 0 Å². The van der Waals surface area contributed by atoms with Crippen molar-refractivity contribution in [3.8, 4) is 27.9 Å². The van der Waals surface area contributed by atoms with Gasteiger partial charge in [-0.2, -0.15) is 9.78 Å². The Morgan fingerprint density at radius 3 is 2.25 bits per heavy atom. The second kappa shape index (κ2) is 9.58. The van der Waals surface area contributed by atoms with Crippen LogP contribution in [-0.4, -0.2) is 18.5 Å². The van der Waals surface area contributed by atoms with Crippen LogP contribution < -0.4 is 11.3 Å². The average Bonchev–Trinajstić information content (AvgIpc) is 2.79. The van der Waals surface area contributed by atoms with Gasteiger partial charge in [0.05, 0.1) is 17.4 Å². The summed E-state index contributed by atoms with van der Waals surface area (Å²) < 4.78 is 23.3. The molecular weight excluding hydrogens is 446 g/mol. The molecular formula is C24H19ClN3O3S-. The number of rotatable bonds is 6. The van der Waals surface area contributed by atoms with Crippen molar-refractivity contribution >= 4 is 22.7 Å². The number of hydrogen-bond donors (Lipinski definition) is 1. The molecule has 162 valence electrons. The number of benzene rings is 3. The summed E-state index contributed by atoms with van der Waals surface area (Å²) in [5.41, 5.74) is 10.2. The van der Waals surface area contributed by atoms with Crippen LogP contribution in [0.3, 0.4) is 0 Å². The first-order valence-electron chi connectivity index (χ1n) is 9.79. The fourth-order valence-corrected chi connectivity index (χ4v) is 4.12. The van der Waals surface area contributed by atoms with Gasteiger partial charge in [0.2, 0.25) is 0 Å². The molecule has 32 heavy (non-hydrogen) atoms. The first-order chi connectivity index (χ1) is 15.5. The maximum Gasteiger partial charge on any atom is 0.279 e. The molecule has 0 aliphatic heterocycles. The summed E-state index contributed by atoms with van der Waals surface area (Å²) in [5, 5.41) is 4.88. The van der Waals surface area contributed by atoms with Crippen LogP contribution in [0.15, 0.2) is 83.8 Å². The topological polar surface area (TPSA) is 101 Å². The average molecular weight is 465 g/mol. The van der Waals surface area contributed by atoms with Gasteiger partial charge in [-0.15, -0.1) is 0 Å². The minimum Gasteiger partial charge on any atom is -0.772 e. The predicted molar refractivity (Wildman–Crippen MR) is 126 cm³/mol. The van der Waals surface area contributed by atoms with Crippen molar-refractivity contribution in [2.75, 3.05) is 0 Å². The standard InChI is InChI=1S/C24H20ClN3O3S/c25-20-2-1-3-21(12-20)28-24(29)23(19-10-4-16(13-26)5-11-19)22(14-27-28)18-8-6-17(7-9-18)15-32(30)31/h1-12,14H,13,15,26H2,(H,30,31)/p-1. The Balaban J connectivity index is 1.90. The molecule has 0 amide bonds. The van der Waals surface area contributed by atoms with Crippen molar-refractivity contribution in [3.05, 3.63) is 105 Å². The predicted octanol–water partition coefficient (Wildman–Crippen LogP) is 4.06. The summed E-state index contributed by atoms with van der Waals surface area (Å²) in [7, 11) is 0. The fraction of sp³-hybridized carbons (Fsp3) is 0.0833. The summed E-state index contributed by atoms with van der Waals surface area (Å²) in [4.78, 5) is 13.6. The highest BCUT2D eigenvalue weighted by Crippen LogP contribution is 2.30. The van der Waals surface area contributed by atoms with Gasteiger partial charge in [-0.05, 0) is 40.5 Å². The van der Waals surface area contributed by atoms with Crippen LogP contribution >= 0.6 is 11.6 Å². The molecule has 2 N–H and O–H groups in total. The third-order valence-electron chi connectivity index (χ3n) is 5.06. The van der Waals surface area contributed by atoms with E-state index in [4.69, 9.17) is 17.3 Å². The van der Waals surface area contributed by atoms with Crippen LogP contribution in [-0.2, 0) is 23.4 Å². The van der Waals surface area contributed by atoms with E-state index in [0.29, 0.717) is 33.9 Å². The van der Waals surface area contributed by atoms with E-state index < -0.39 is 11.1 Å². The quantitative estimate of drug-likeness (QED) is 0.433. The maximum atomic E-state index is 13.6. The maximum absolute atomic E-state index is 13.6. The third-order valence-corrected chi connectivity index (χ3v) is 5.86. The van der Waals surface area contributed by atoms with Gasteiger partial charge in [0, 0.05) is 22.9 Å². The van der Waals surface area contributed by atoms with Crippen LogP contribution in [0.1, 0.15) is 11.1 Å². The minimum atomic E-state index is -2.17. The van der Waals surface area contributed by atoms with Gasteiger partial charge >= 0.3 is 0 Å². The zero-order chi connectivity index (χ0) is 22.7. The molecule has 4 aromatic rings. The van der Waals surface area contributed by atoms with E-state index in [1.807, 2.05) is 24.3 Å². The molecule has 4 rings (SSSR count). The Morgan fingerprint density at radius 2 is 1.62 bits per heavy atom. The Labute approximate surface area is 192 Å². The number of hydrogen-bond acceptors (Lipinski definition) is 5. The monoisotopic (exact) mass is 464 g/mol. The molecule has 1 unspecified atom stereocenters. The summed E-state index contributed by atoms with van der Waals surface area (Å²) in [6.45, 7) is 0.402. The van der Waals surface area contributed by atoms with Gasteiger partial charge in [-0.25, -0.2) is 0 Å². The first-order valence-corrected chi connectivity index (χ1v) is 11.4. The molecule has 0 spiro atoms. The lowest BCUT2D eigenvalue weighted by atomic mass is 9.96. The zero-order valence-electron chi connectivity index (χ0n) is 16.9. The van der Waals surface area contributed by atoms with Crippen molar-refractivity contribution in [2.45, 2.75) is 12.3 Å². The largest absolute Gasteiger partial charge is 0.772 e. The van der Waals surface area contributed by atoms with Crippen molar-refractivity contribution < 1.29 is 8.76 Å². The van der Waals surface area contributed by atoms with Gasteiger partial charge in [-0.3, -0.25) is 9.00 Å². The Bertz CT molecular complexity index is 1340. The molecule has 0 aliphatic rings. The Hall–Kier alpha value is -3.10. The van der Waals surface area contributed by atoms with Crippen LogP contribution in [0, 0.1) is 0 Å². The molecule has 1 atom stereocenters. The molecule has 8 heteroatoms. The molecule has 0 aliphatic carbocycles. The summed E-state index contributed by atoms with van der Waals surface area (Å²) in [5.74, 6) is -0.0672. The van der Waals surface area contributed by atoms with Crippen molar-refractivity contribution in [1.29, 1.82) is 0 Å². The number of nitrogens with zero attached hydrogens (tertiary/aromatic N) is 2. The normalized spacial score (nSPS) is 12.0. The molecule has 0 radical (unpaired) electrons. The molecule has 0 saturated heterocycles. The highest BCUT2D eigenvalue weighted by atomic mass is 35.5. The van der Waals surface area contributed by atoms with Crippen molar-refractivity contribution in [2.24, 2.45) is 5.73 Å². The minimum absolute atomic E-state index is 0.0672. The van der Waals surface area contributed by atoms with Gasteiger partial charge < -0.3 is 10.3 Å². The summed E-state index contributed by atoms with van der Waals surface area (Å²) in [6.07, 6.45) is 1.63. The smallest absolute Gasteiger partial charge is 0.279 e. The van der Waals surface area contributed by atoms with E-state index in [1.165, 1.54) is 4.68 Å². The van der Waals surface area contributed by atoms with Crippen molar-refractivity contribution in [1.82, 2.24) is 9.78 Å². The number of halogens is 1. The van der Waals surface area contributed by atoms with E-state index in [0.717, 1.165) is 16.7 Å². The highest BCUT2D eigenvalue weighted by Gasteiger charge is 2.16. The third kappa shape index (κ3) is 4.71. The van der Waals surface area contributed by atoms with Crippen LogP contribution in [0.25, 0.3) is 27.9 Å². The molecule has 1 heterocycles. The van der Waals surface area contributed by atoms with E-state index in [9.17, 15) is 13.6 Å². The van der Waals surface area contributed by atoms with E-state index in [1.54, 1.807) is 54.7 Å². The lowest BCUT2D eigenvalue weighted by Crippen LogP contribution is -2.23.